The fourth-order valence-electron chi connectivity index (χ4n) is 3.81. The fraction of sp³-hybridized carbons (Fsp3) is 0.391. The van der Waals surface area contributed by atoms with Crippen LogP contribution in [0.3, 0.4) is 0 Å². The lowest BCUT2D eigenvalue weighted by Gasteiger charge is -2.41. The van der Waals surface area contributed by atoms with E-state index in [1.807, 2.05) is 20.8 Å². The summed E-state index contributed by atoms with van der Waals surface area (Å²) in [6.45, 7) is 9.71. The average molecular weight is 474 g/mol. The second kappa shape index (κ2) is 9.88. The van der Waals surface area contributed by atoms with Crippen molar-refractivity contribution in [2.24, 2.45) is 10.7 Å². The van der Waals surface area contributed by atoms with Crippen LogP contribution in [0.15, 0.2) is 48.2 Å². The van der Waals surface area contributed by atoms with E-state index in [2.05, 4.69) is 26.9 Å². The second-order valence-corrected chi connectivity index (χ2v) is 9.94. The molecule has 10 heteroatoms. The molecular formula is C23H28FN5O3S. The van der Waals surface area contributed by atoms with Gasteiger partial charge in [-0.1, -0.05) is 24.4 Å². The predicted octanol–water partition coefficient (Wildman–Crippen LogP) is 3.89. The van der Waals surface area contributed by atoms with Crippen LogP contribution < -0.4 is 15.8 Å². The molecule has 0 aliphatic carbocycles. The van der Waals surface area contributed by atoms with Gasteiger partial charge in [0.15, 0.2) is 5.17 Å². The molecule has 0 fully saturated rings. The van der Waals surface area contributed by atoms with Gasteiger partial charge >= 0.3 is 0 Å². The number of hydrogen-bond donors (Lipinski definition) is 2. The van der Waals surface area contributed by atoms with Gasteiger partial charge in [0.05, 0.1) is 24.5 Å². The molecule has 1 amide bonds. The van der Waals surface area contributed by atoms with Gasteiger partial charge in [-0.15, -0.1) is 0 Å². The Bertz CT molecular complexity index is 1060. The fourth-order valence-corrected chi connectivity index (χ4v) is 5.09. The van der Waals surface area contributed by atoms with Crippen molar-refractivity contribution in [1.29, 1.82) is 0 Å². The number of halogens is 1. The molecule has 3 atom stereocenters. The Hall–Kier alpha value is -2.98. The van der Waals surface area contributed by atoms with Crippen LogP contribution in [0, 0.1) is 5.82 Å². The van der Waals surface area contributed by atoms with E-state index in [-0.39, 0.29) is 22.4 Å². The zero-order chi connectivity index (χ0) is 24.2. The van der Waals surface area contributed by atoms with Crippen molar-refractivity contribution in [1.82, 2.24) is 9.97 Å². The van der Waals surface area contributed by atoms with Gasteiger partial charge in [-0.25, -0.2) is 14.4 Å². The van der Waals surface area contributed by atoms with Gasteiger partial charge < -0.3 is 20.5 Å². The standard InChI is InChI=1S/C23H28FN5O3S/c1-6-14(2)32-19-11-26-18(10-27-19)20(30)28-15-7-8-17(24)16(9-15)23(4)12-22(3,13-31-5)33-21(25)29-23/h6-11,14H,1,12-13H2,2-5H3,(H2,25,29)(H,28,30)/t14-,22-,23+/m1/s1. The highest BCUT2D eigenvalue weighted by molar-refractivity contribution is 8.15. The molecule has 1 aromatic heterocycles. The molecule has 2 aromatic rings. The van der Waals surface area contributed by atoms with E-state index in [4.69, 9.17) is 15.2 Å². The number of aliphatic imine (C=N–C) groups is 1. The third-order valence-electron chi connectivity index (χ3n) is 5.18. The van der Waals surface area contributed by atoms with Crippen LogP contribution in [-0.2, 0) is 10.3 Å². The Labute approximate surface area is 196 Å². The van der Waals surface area contributed by atoms with Crippen molar-refractivity contribution in [3.05, 3.63) is 60.3 Å². The summed E-state index contributed by atoms with van der Waals surface area (Å²) in [5.74, 6) is -0.642. The molecule has 2 heterocycles. The summed E-state index contributed by atoms with van der Waals surface area (Å²) in [7, 11) is 1.61. The van der Waals surface area contributed by atoms with Crippen LogP contribution in [-0.4, -0.2) is 45.6 Å². The van der Waals surface area contributed by atoms with E-state index >= 15 is 0 Å². The maximum absolute atomic E-state index is 14.9. The van der Waals surface area contributed by atoms with Gasteiger partial charge in [0.1, 0.15) is 17.6 Å². The number of hydrogen-bond acceptors (Lipinski definition) is 8. The number of anilines is 1. The van der Waals surface area contributed by atoms with Gasteiger partial charge in [-0.3, -0.25) is 9.79 Å². The molecule has 1 aliphatic rings. The number of ether oxygens (including phenoxy) is 2. The first-order chi connectivity index (χ1) is 15.6. The molecule has 1 aromatic carbocycles. The Kier molecular flexibility index (Phi) is 7.38. The Morgan fingerprint density at radius 1 is 1.39 bits per heavy atom. The Morgan fingerprint density at radius 2 is 2.15 bits per heavy atom. The summed E-state index contributed by atoms with van der Waals surface area (Å²) in [6, 6.07) is 4.36. The number of aromatic nitrogens is 2. The molecule has 8 nitrogen and oxygen atoms in total. The first-order valence-electron chi connectivity index (χ1n) is 10.3. The van der Waals surface area contributed by atoms with Crippen LogP contribution in [0.4, 0.5) is 10.1 Å². The molecule has 0 saturated carbocycles. The number of thioether (sulfide) groups is 1. The number of methoxy groups -OCH3 is 1. The van der Waals surface area contributed by atoms with Gasteiger partial charge in [0, 0.05) is 23.1 Å². The minimum absolute atomic E-state index is 0.0923. The normalized spacial score (nSPS) is 23.4. The first kappa shape index (κ1) is 24.7. The number of nitrogens with zero attached hydrogens (tertiary/aromatic N) is 3. The number of nitrogens with one attached hydrogen (secondary N) is 1. The maximum atomic E-state index is 14.9. The lowest BCUT2D eigenvalue weighted by Crippen LogP contribution is -2.43. The van der Waals surface area contributed by atoms with Gasteiger partial charge in [0.25, 0.3) is 5.91 Å². The van der Waals surface area contributed by atoms with E-state index in [0.29, 0.717) is 29.4 Å². The quantitative estimate of drug-likeness (QED) is 0.559. The molecule has 3 rings (SSSR count). The van der Waals surface area contributed by atoms with E-state index in [1.165, 1.54) is 36.3 Å². The van der Waals surface area contributed by atoms with E-state index in [1.54, 1.807) is 19.3 Å². The molecule has 0 bridgehead atoms. The maximum Gasteiger partial charge on any atom is 0.275 e. The van der Waals surface area contributed by atoms with E-state index < -0.39 is 17.3 Å². The van der Waals surface area contributed by atoms with Crippen molar-refractivity contribution < 1.29 is 18.7 Å². The minimum Gasteiger partial charge on any atom is -0.469 e. The van der Waals surface area contributed by atoms with E-state index in [9.17, 15) is 9.18 Å². The molecule has 0 radical (unpaired) electrons. The van der Waals surface area contributed by atoms with Crippen LogP contribution in [0.1, 0.15) is 43.2 Å². The van der Waals surface area contributed by atoms with Crippen molar-refractivity contribution in [2.45, 2.75) is 43.6 Å². The summed E-state index contributed by atoms with van der Waals surface area (Å²) in [5.41, 5.74) is 5.99. The number of amidine groups is 1. The summed E-state index contributed by atoms with van der Waals surface area (Å²) < 4.78 is 25.3. The van der Waals surface area contributed by atoms with Crippen LogP contribution in [0.5, 0.6) is 5.88 Å². The lowest BCUT2D eigenvalue weighted by atomic mass is 9.83. The van der Waals surface area contributed by atoms with Crippen molar-refractivity contribution >= 4 is 28.5 Å². The smallest absolute Gasteiger partial charge is 0.275 e. The number of carbonyl (C=O) groups excluding carboxylic acids is 1. The third-order valence-corrected chi connectivity index (χ3v) is 6.23. The van der Waals surface area contributed by atoms with E-state index in [0.717, 1.165) is 0 Å². The van der Waals surface area contributed by atoms with Gasteiger partial charge in [0.2, 0.25) is 5.88 Å². The van der Waals surface area contributed by atoms with Crippen LogP contribution in [0.2, 0.25) is 0 Å². The number of nitrogens with two attached hydrogens (primary N) is 1. The van der Waals surface area contributed by atoms with Crippen molar-refractivity contribution in [2.75, 3.05) is 19.0 Å². The van der Waals surface area contributed by atoms with Crippen molar-refractivity contribution in [3.8, 4) is 5.88 Å². The Balaban J connectivity index is 1.82. The third kappa shape index (κ3) is 5.88. The molecule has 33 heavy (non-hydrogen) atoms. The summed E-state index contributed by atoms with van der Waals surface area (Å²) in [6.07, 6.45) is 4.56. The molecular weight excluding hydrogens is 445 g/mol. The summed E-state index contributed by atoms with van der Waals surface area (Å²) in [4.78, 5) is 25.4. The molecule has 0 unspecified atom stereocenters. The highest BCUT2D eigenvalue weighted by atomic mass is 32.2. The SMILES string of the molecule is C=C[C@@H](C)Oc1cnc(C(=O)Nc2ccc(F)c([C@]3(C)C[C@](C)(COC)SC(N)=N3)c2)cn1. The number of carbonyl (C=O) groups is 1. The molecule has 176 valence electrons. The highest BCUT2D eigenvalue weighted by Crippen LogP contribution is 2.46. The number of rotatable bonds is 8. The zero-order valence-electron chi connectivity index (χ0n) is 19.1. The van der Waals surface area contributed by atoms with Crippen molar-refractivity contribution in [3.63, 3.8) is 0 Å². The minimum atomic E-state index is -0.923. The van der Waals surface area contributed by atoms with Gasteiger partial charge in [-0.2, -0.15) is 0 Å². The molecule has 1 aliphatic heterocycles. The summed E-state index contributed by atoms with van der Waals surface area (Å²) >= 11 is 1.41. The molecule has 3 N–H and O–H groups in total. The topological polar surface area (TPSA) is 112 Å². The first-order valence-corrected chi connectivity index (χ1v) is 11.1. The second-order valence-electron chi connectivity index (χ2n) is 8.33. The molecule has 0 saturated heterocycles. The lowest BCUT2D eigenvalue weighted by molar-refractivity contribution is 0.102. The number of amides is 1. The van der Waals surface area contributed by atoms with Crippen LogP contribution in [0.25, 0.3) is 0 Å². The summed E-state index contributed by atoms with van der Waals surface area (Å²) in [5, 5.41) is 3.10. The largest absolute Gasteiger partial charge is 0.469 e. The molecule has 0 spiro atoms. The Morgan fingerprint density at radius 3 is 2.79 bits per heavy atom. The van der Waals surface area contributed by atoms with Gasteiger partial charge in [-0.05, 0) is 45.4 Å². The predicted molar refractivity (Wildman–Crippen MR) is 128 cm³/mol. The average Bonchev–Trinajstić information content (AvgIpc) is 2.74. The highest BCUT2D eigenvalue weighted by Gasteiger charge is 2.43. The zero-order valence-corrected chi connectivity index (χ0v) is 19.9. The monoisotopic (exact) mass is 473 g/mol. The van der Waals surface area contributed by atoms with Crippen LogP contribution >= 0.6 is 11.8 Å². The number of benzene rings is 1.